The summed E-state index contributed by atoms with van der Waals surface area (Å²) in [4.78, 5) is 3.78. The smallest absolute Gasteiger partial charge is 0.0267 e. The zero-order valence-corrected chi connectivity index (χ0v) is 9.78. The second-order valence-corrected chi connectivity index (χ2v) is 3.98. The molecule has 2 rings (SSSR count). The summed E-state index contributed by atoms with van der Waals surface area (Å²) in [7, 11) is 1.31. The van der Waals surface area contributed by atoms with Crippen molar-refractivity contribution in [3.05, 3.63) is 30.6 Å². The predicted molar refractivity (Wildman–Crippen MR) is 62.6 cm³/mol. The van der Waals surface area contributed by atoms with Crippen molar-refractivity contribution in [3.8, 4) is 0 Å². The SMILES string of the molecule is C1CCPC1.P.c1ccncc1. The first-order chi connectivity index (χ1) is 5.50. The average molecular weight is 201 g/mol. The second-order valence-electron chi connectivity index (χ2n) is 2.48. The second kappa shape index (κ2) is 9.10. The molecule has 0 N–H and O–H groups in total. The van der Waals surface area contributed by atoms with Crippen LogP contribution in [0.15, 0.2) is 30.6 Å². The van der Waals surface area contributed by atoms with Crippen LogP contribution in [0, 0.1) is 0 Å². The standard InChI is InChI=1S/C5H5N.C4H9P.H3P/c1-2-4-6-5-3-1;1-2-4-5-3-1;/h1-5H;5H,1-4H2;1H3. The highest BCUT2D eigenvalue weighted by atomic mass is 31.1. The number of hydrogen-bond donors (Lipinski definition) is 0. The van der Waals surface area contributed by atoms with Crippen LogP contribution in [0.2, 0.25) is 0 Å². The Morgan fingerprint density at radius 1 is 0.917 bits per heavy atom. The molecule has 1 aliphatic rings. The Morgan fingerprint density at radius 2 is 1.50 bits per heavy atom. The fourth-order valence-corrected chi connectivity index (χ4v) is 2.19. The molecule has 0 radical (unpaired) electrons. The molecule has 1 atom stereocenters. The third-order valence-corrected chi connectivity index (χ3v) is 2.94. The van der Waals surface area contributed by atoms with E-state index in [2.05, 4.69) is 4.98 Å². The predicted octanol–water partition coefficient (Wildman–Crippen LogP) is 2.60. The van der Waals surface area contributed by atoms with Crippen LogP contribution < -0.4 is 0 Å². The van der Waals surface area contributed by atoms with Crippen molar-refractivity contribution >= 4 is 18.5 Å². The number of hydrogen-bond acceptors (Lipinski definition) is 1. The topological polar surface area (TPSA) is 12.9 Å². The average Bonchev–Trinajstić information content (AvgIpc) is 2.64. The van der Waals surface area contributed by atoms with Gasteiger partial charge in [0.15, 0.2) is 0 Å². The van der Waals surface area contributed by atoms with Crippen molar-refractivity contribution in [1.29, 1.82) is 0 Å². The van der Waals surface area contributed by atoms with Gasteiger partial charge in [-0.2, -0.15) is 9.90 Å². The van der Waals surface area contributed by atoms with Crippen molar-refractivity contribution in [1.82, 2.24) is 4.98 Å². The van der Waals surface area contributed by atoms with Crippen LogP contribution in [-0.2, 0) is 0 Å². The van der Waals surface area contributed by atoms with Crippen LogP contribution in [0.3, 0.4) is 0 Å². The highest BCUT2D eigenvalue weighted by molar-refractivity contribution is 7.38. The first-order valence-electron chi connectivity index (χ1n) is 4.06. The van der Waals surface area contributed by atoms with Gasteiger partial charge >= 0.3 is 0 Å². The highest BCUT2D eigenvalue weighted by Gasteiger charge is 1.94. The van der Waals surface area contributed by atoms with Crippen LogP contribution in [0.4, 0.5) is 0 Å². The zero-order chi connectivity index (χ0) is 7.78. The minimum Gasteiger partial charge on any atom is -0.265 e. The minimum atomic E-state index is 0. The van der Waals surface area contributed by atoms with Gasteiger partial charge in [-0.1, -0.05) is 6.07 Å². The molecule has 1 aromatic heterocycles. The van der Waals surface area contributed by atoms with Gasteiger partial charge in [0.1, 0.15) is 0 Å². The quantitative estimate of drug-likeness (QED) is 0.588. The van der Waals surface area contributed by atoms with E-state index in [-0.39, 0.29) is 9.90 Å². The van der Waals surface area contributed by atoms with Gasteiger partial charge in [-0.05, 0) is 37.3 Å². The Balaban J connectivity index is 0.000000189. The van der Waals surface area contributed by atoms with Gasteiger partial charge in [-0.15, -0.1) is 8.58 Å². The molecule has 0 bridgehead atoms. The number of aromatic nitrogens is 1. The summed E-state index contributed by atoms with van der Waals surface area (Å²) in [6.45, 7) is 0. The van der Waals surface area contributed by atoms with Gasteiger partial charge in [0.2, 0.25) is 0 Å². The van der Waals surface area contributed by atoms with Crippen LogP contribution in [0.5, 0.6) is 0 Å². The summed E-state index contributed by atoms with van der Waals surface area (Å²) in [6.07, 6.45) is 9.58. The molecule has 1 aromatic rings. The monoisotopic (exact) mass is 201 g/mol. The summed E-state index contributed by atoms with van der Waals surface area (Å²) in [5.74, 6) is 0. The maximum Gasteiger partial charge on any atom is 0.0267 e. The van der Waals surface area contributed by atoms with E-state index >= 15 is 0 Å². The highest BCUT2D eigenvalue weighted by Crippen LogP contribution is 2.21. The lowest BCUT2D eigenvalue weighted by Crippen LogP contribution is -1.58. The third kappa shape index (κ3) is 6.70. The van der Waals surface area contributed by atoms with E-state index in [0.29, 0.717) is 0 Å². The van der Waals surface area contributed by atoms with Crippen molar-refractivity contribution < 1.29 is 0 Å². The fraction of sp³-hybridized carbons (Fsp3) is 0.444. The third-order valence-electron chi connectivity index (χ3n) is 1.52. The fourth-order valence-electron chi connectivity index (χ4n) is 0.938. The molecule has 0 spiro atoms. The lowest BCUT2D eigenvalue weighted by atomic mass is 10.4. The van der Waals surface area contributed by atoms with Gasteiger partial charge in [-0.25, -0.2) is 0 Å². The van der Waals surface area contributed by atoms with Crippen molar-refractivity contribution in [2.24, 2.45) is 0 Å². The minimum absolute atomic E-state index is 0. The normalized spacial score (nSPS) is 14.0. The van der Waals surface area contributed by atoms with E-state index in [1.807, 2.05) is 18.2 Å². The van der Waals surface area contributed by atoms with Crippen molar-refractivity contribution in [2.75, 3.05) is 12.3 Å². The Bertz CT molecular complexity index is 129. The van der Waals surface area contributed by atoms with Gasteiger partial charge in [-0.3, -0.25) is 4.98 Å². The molecular weight excluding hydrogens is 184 g/mol. The molecular formula is C9H17NP2. The summed E-state index contributed by atoms with van der Waals surface area (Å²) < 4.78 is 0. The number of rotatable bonds is 0. The Kier molecular flexibility index (Phi) is 9.11. The van der Waals surface area contributed by atoms with Crippen LogP contribution in [0.25, 0.3) is 0 Å². The molecule has 0 aromatic carbocycles. The van der Waals surface area contributed by atoms with E-state index in [0.717, 1.165) is 0 Å². The zero-order valence-electron chi connectivity index (χ0n) is 7.37. The lowest BCUT2D eigenvalue weighted by molar-refractivity contribution is 0.949. The summed E-state index contributed by atoms with van der Waals surface area (Å²) in [5, 5.41) is 0. The van der Waals surface area contributed by atoms with Crippen molar-refractivity contribution in [2.45, 2.75) is 12.8 Å². The van der Waals surface area contributed by atoms with E-state index < -0.39 is 0 Å². The lowest BCUT2D eigenvalue weighted by Gasteiger charge is -1.70. The Hall–Kier alpha value is 0.01000. The van der Waals surface area contributed by atoms with Crippen molar-refractivity contribution in [3.63, 3.8) is 0 Å². The molecule has 0 aliphatic carbocycles. The molecule has 1 unspecified atom stereocenters. The van der Waals surface area contributed by atoms with Gasteiger partial charge < -0.3 is 0 Å². The van der Waals surface area contributed by atoms with Gasteiger partial charge in [0.25, 0.3) is 0 Å². The van der Waals surface area contributed by atoms with Gasteiger partial charge in [0, 0.05) is 12.4 Å². The van der Waals surface area contributed by atoms with E-state index in [1.54, 1.807) is 12.4 Å². The summed E-state index contributed by atoms with van der Waals surface area (Å²) in [6, 6.07) is 5.72. The van der Waals surface area contributed by atoms with Crippen LogP contribution >= 0.6 is 18.5 Å². The molecule has 0 amide bonds. The summed E-state index contributed by atoms with van der Waals surface area (Å²) in [5.41, 5.74) is 0. The Labute approximate surface area is 79.8 Å². The number of nitrogens with zero attached hydrogens (tertiary/aromatic N) is 1. The van der Waals surface area contributed by atoms with Crippen LogP contribution in [-0.4, -0.2) is 17.3 Å². The first-order valence-corrected chi connectivity index (χ1v) is 5.47. The molecule has 1 aliphatic heterocycles. The molecule has 1 fully saturated rings. The molecule has 0 saturated carbocycles. The molecule has 1 saturated heterocycles. The largest absolute Gasteiger partial charge is 0.265 e. The molecule has 68 valence electrons. The Morgan fingerprint density at radius 3 is 1.67 bits per heavy atom. The molecule has 2 heterocycles. The first kappa shape index (κ1) is 12.0. The maximum atomic E-state index is 3.78. The maximum absolute atomic E-state index is 3.78. The molecule has 12 heavy (non-hydrogen) atoms. The summed E-state index contributed by atoms with van der Waals surface area (Å²) >= 11 is 0. The van der Waals surface area contributed by atoms with E-state index in [1.165, 1.54) is 33.7 Å². The van der Waals surface area contributed by atoms with Gasteiger partial charge in [0.05, 0.1) is 0 Å². The van der Waals surface area contributed by atoms with E-state index in [4.69, 9.17) is 0 Å². The number of pyridine rings is 1. The molecule has 1 nitrogen and oxygen atoms in total. The van der Waals surface area contributed by atoms with Crippen LogP contribution in [0.1, 0.15) is 12.8 Å². The van der Waals surface area contributed by atoms with E-state index in [9.17, 15) is 0 Å². The molecule has 3 heteroatoms.